The van der Waals surface area contributed by atoms with E-state index in [0.717, 1.165) is 11.4 Å². The van der Waals surface area contributed by atoms with E-state index in [-0.39, 0.29) is 18.4 Å². The highest BCUT2D eigenvalue weighted by atomic mass is 16.2. The number of carbonyl (C=O) groups excluding carboxylic acids is 2. The van der Waals surface area contributed by atoms with E-state index < -0.39 is 0 Å². The summed E-state index contributed by atoms with van der Waals surface area (Å²) in [5.74, 6) is -0.0105. The van der Waals surface area contributed by atoms with Crippen LogP contribution in [0.4, 0.5) is 11.4 Å². The molecular weight excluding hydrogens is 326 g/mol. The summed E-state index contributed by atoms with van der Waals surface area (Å²) >= 11 is 0. The first-order valence-corrected chi connectivity index (χ1v) is 9.09. The molecule has 26 heavy (non-hydrogen) atoms. The van der Waals surface area contributed by atoms with Gasteiger partial charge in [-0.1, -0.05) is 24.3 Å². The van der Waals surface area contributed by atoms with Gasteiger partial charge >= 0.3 is 0 Å². The summed E-state index contributed by atoms with van der Waals surface area (Å²) < 4.78 is 0. The molecule has 2 aromatic rings. The number of hydrogen-bond acceptors (Lipinski definition) is 3. The van der Waals surface area contributed by atoms with E-state index in [1.165, 1.54) is 0 Å². The van der Waals surface area contributed by atoms with Gasteiger partial charge in [0.25, 0.3) is 5.91 Å². The maximum absolute atomic E-state index is 12.6. The summed E-state index contributed by atoms with van der Waals surface area (Å²) in [7, 11) is 0. The van der Waals surface area contributed by atoms with Crippen molar-refractivity contribution >= 4 is 23.2 Å². The minimum Gasteiger partial charge on any atom is -0.376 e. The van der Waals surface area contributed by atoms with E-state index >= 15 is 0 Å². The Morgan fingerprint density at radius 1 is 0.885 bits per heavy atom. The number of anilines is 2. The Hall–Kier alpha value is -2.82. The lowest BCUT2D eigenvalue weighted by Crippen LogP contribution is -2.35. The minimum absolute atomic E-state index is 0.00412. The summed E-state index contributed by atoms with van der Waals surface area (Å²) in [5, 5.41) is 3.14. The van der Waals surface area contributed by atoms with E-state index in [1.54, 1.807) is 21.9 Å². The molecule has 1 N–H and O–H groups in total. The fraction of sp³-hybridized carbons (Fsp3) is 0.333. The number of hydrogen-bond donors (Lipinski definition) is 1. The highest BCUT2D eigenvalue weighted by Crippen LogP contribution is 2.15. The van der Waals surface area contributed by atoms with E-state index in [9.17, 15) is 9.59 Å². The number of para-hydroxylation sites is 1. The Morgan fingerprint density at radius 3 is 2.19 bits per heavy atom. The number of likely N-dealkylation sites (N-methyl/N-ethyl adjacent to an activating group) is 1. The second-order valence-corrected chi connectivity index (χ2v) is 5.89. The monoisotopic (exact) mass is 353 g/mol. The summed E-state index contributed by atoms with van der Waals surface area (Å²) in [6, 6.07) is 16.9. The predicted octanol–water partition coefficient (Wildman–Crippen LogP) is 3.63. The highest BCUT2D eigenvalue weighted by Gasteiger charge is 2.15. The molecule has 2 rings (SSSR count). The van der Waals surface area contributed by atoms with E-state index in [4.69, 9.17) is 0 Å². The van der Waals surface area contributed by atoms with Gasteiger partial charge in [0.2, 0.25) is 5.91 Å². The summed E-state index contributed by atoms with van der Waals surface area (Å²) in [4.78, 5) is 28.5. The fourth-order valence-corrected chi connectivity index (χ4v) is 2.84. The van der Waals surface area contributed by atoms with E-state index in [1.807, 2.05) is 63.2 Å². The third-order valence-corrected chi connectivity index (χ3v) is 4.29. The predicted molar refractivity (Wildman–Crippen MR) is 107 cm³/mol. The van der Waals surface area contributed by atoms with Crippen LogP contribution in [0.25, 0.3) is 0 Å². The summed E-state index contributed by atoms with van der Waals surface area (Å²) in [6.45, 7) is 8.00. The Morgan fingerprint density at radius 2 is 1.58 bits per heavy atom. The van der Waals surface area contributed by atoms with Crippen LogP contribution in [0, 0.1) is 0 Å². The lowest BCUT2D eigenvalue weighted by molar-refractivity contribution is -0.116. The fourth-order valence-electron chi connectivity index (χ4n) is 2.84. The van der Waals surface area contributed by atoms with Gasteiger partial charge in [0.05, 0.1) is 6.54 Å². The molecule has 5 nitrogen and oxygen atoms in total. The molecule has 138 valence electrons. The molecule has 0 unspecified atom stereocenters. The molecule has 0 radical (unpaired) electrons. The minimum atomic E-state index is -0.0147. The Labute approximate surface area is 155 Å². The van der Waals surface area contributed by atoms with E-state index in [2.05, 4.69) is 5.32 Å². The number of amides is 2. The molecule has 0 aliphatic heterocycles. The summed E-state index contributed by atoms with van der Waals surface area (Å²) in [6.07, 6.45) is 0. The van der Waals surface area contributed by atoms with E-state index in [0.29, 0.717) is 25.2 Å². The average molecular weight is 353 g/mol. The summed E-state index contributed by atoms with van der Waals surface area (Å²) in [5.41, 5.74) is 2.27. The Balaban J connectivity index is 2.04. The van der Waals surface area contributed by atoms with Crippen molar-refractivity contribution in [1.82, 2.24) is 4.90 Å². The van der Waals surface area contributed by atoms with Crippen molar-refractivity contribution in [3.8, 4) is 0 Å². The van der Waals surface area contributed by atoms with Crippen molar-refractivity contribution in [2.24, 2.45) is 0 Å². The van der Waals surface area contributed by atoms with Crippen molar-refractivity contribution < 1.29 is 9.59 Å². The quantitative estimate of drug-likeness (QED) is 0.788. The van der Waals surface area contributed by atoms with Gasteiger partial charge in [-0.3, -0.25) is 9.59 Å². The second kappa shape index (κ2) is 9.61. The third-order valence-electron chi connectivity index (χ3n) is 4.29. The molecule has 0 aliphatic rings. The number of benzene rings is 2. The number of nitrogens with one attached hydrogen (secondary N) is 1. The highest BCUT2D eigenvalue weighted by molar-refractivity contribution is 5.97. The van der Waals surface area contributed by atoms with Crippen LogP contribution in [0.3, 0.4) is 0 Å². The number of carbonyl (C=O) groups is 2. The van der Waals surface area contributed by atoms with Gasteiger partial charge in [0, 0.05) is 36.6 Å². The topological polar surface area (TPSA) is 52.7 Å². The Kier molecular flexibility index (Phi) is 7.21. The molecule has 0 aromatic heterocycles. The molecule has 0 aliphatic carbocycles. The number of rotatable bonds is 8. The lowest BCUT2D eigenvalue weighted by Gasteiger charge is -2.22. The first kappa shape index (κ1) is 19.5. The molecule has 0 fully saturated rings. The molecule has 0 saturated heterocycles. The van der Waals surface area contributed by atoms with Crippen LogP contribution in [-0.2, 0) is 4.79 Å². The van der Waals surface area contributed by atoms with Crippen molar-refractivity contribution in [3.63, 3.8) is 0 Å². The van der Waals surface area contributed by atoms with Crippen LogP contribution in [0.5, 0.6) is 0 Å². The van der Waals surface area contributed by atoms with Gasteiger partial charge in [-0.2, -0.15) is 0 Å². The molecular formula is C21H27N3O2. The maximum atomic E-state index is 12.6. The van der Waals surface area contributed by atoms with Crippen LogP contribution in [-0.4, -0.2) is 42.9 Å². The third kappa shape index (κ3) is 4.85. The Bertz CT molecular complexity index is 727. The first-order valence-electron chi connectivity index (χ1n) is 9.09. The maximum Gasteiger partial charge on any atom is 0.253 e. The average Bonchev–Trinajstić information content (AvgIpc) is 2.69. The van der Waals surface area contributed by atoms with Gasteiger partial charge in [0.1, 0.15) is 0 Å². The van der Waals surface area contributed by atoms with Crippen molar-refractivity contribution in [2.75, 3.05) is 36.4 Å². The SMILES string of the molecule is CCN(CC)C(=O)c1cccc(NCC(=O)N(CC)c2ccccc2)c1. The van der Waals surface area contributed by atoms with Gasteiger partial charge in [-0.05, 0) is 51.1 Å². The van der Waals surface area contributed by atoms with Crippen LogP contribution in [0.2, 0.25) is 0 Å². The molecule has 2 amide bonds. The number of nitrogens with zero attached hydrogens (tertiary/aromatic N) is 2. The van der Waals surface area contributed by atoms with Gasteiger partial charge < -0.3 is 15.1 Å². The molecule has 2 aromatic carbocycles. The largest absolute Gasteiger partial charge is 0.376 e. The van der Waals surface area contributed by atoms with Gasteiger partial charge in [-0.15, -0.1) is 0 Å². The molecule has 0 heterocycles. The zero-order chi connectivity index (χ0) is 18.9. The van der Waals surface area contributed by atoms with Crippen LogP contribution in [0.15, 0.2) is 54.6 Å². The van der Waals surface area contributed by atoms with Crippen molar-refractivity contribution in [1.29, 1.82) is 0 Å². The first-order chi connectivity index (χ1) is 12.6. The zero-order valence-electron chi connectivity index (χ0n) is 15.7. The second-order valence-electron chi connectivity index (χ2n) is 5.89. The molecule has 5 heteroatoms. The van der Waals surface area contributed by atoms with Crippen LogP contribution < -0.4 is 10.2 Å². The van der Waals surface area contributed by atoms with Gasteiger partial charge in [0.15, 0.2) is 0 Å². The normalized spacial score (nSPS) is 10.3. The van der Waals surface area contributed by atoms with Crippen molar-refractivity contribution in [2.45, 2.75) is 20.8 Å². The molecule has 0 bridgehead atoms. The van der Waals surface area contributed by atoms with Crippen LogP contribution in [0.1, 0.15) is 31.1 Å². The zero-order valence-corrected chi connectivity index (χ0v) is 15.7. The molecule has 0 spiro atoms. The smallest absolute Gasteiger partial charge is 0.253 e. The van der Waals surface area contributed by atoms with Gasteiger partial charge in [-0.25, -0.2) is 0 Å². The standard InChI is InChI=1S/C21H27N3O2/c1-4-23(5-2)21(26)17-11-10-12-18(15-17)22-16-20(25)24(6-3)19-13-8-7-9-14-19/h7-15,22H,4-6,16H2,1-3H3. The lowest BCUT2D eigenvalue weighted by atomic mass is 10.1. The molecule has 0 saturated carbocycles. The molecule has 0 atom stereocenters. The van der Waals surface area contributed by atoms with Crippen LogP contribution >= 0.6 is 0 Å². The van der Waals surface area contributed by atoms with Crippen molar-refractivity contribution in [3.05, 3.63) is 60.2 Å².